The first-order chi connectivity index (χ1) is 13.3. The summed E-state index contributed by atoms with van der Waals surface area (Å²) in [7, 11) is -3.44. The van der Waals surface area contributed by atoms with Crippen molar-refractivity contribution in [1.29, 1.82) is 0 Å². The van der Waals surface area contributed by atoms with Gasteiger partial charge in [-0.25, -0.2) is 18.4 Å². The number of fused-ring (bicyclic) bond motifs is 1. The molecule has 1 N–H and O–H groups in total. The molecule has 8 heteroatoms. The first kappa shape index (κ1) is 20.7. The Kier molecular flexibility index (Phi) is 6.02. The molecule has 28 heavy (non-hydrogen) atoms. The average molecular weight is 419 g/mol. The maximum atomic E-state index is 12.6. The lowest BCUT2D eigenvalue weighted by Crippen LogP contribution is -2.30. The minimum absolute atomic E-state index is 0.0251. The molecule has 3 rings (SSSR count). The van der Waals surface area contributed by atoms with Crippen LogP contribution in [0, 0.1) is 13.8 Å². The predicted octanol–water partition coefficient (Wildman–Crippen LogP) is 4.51. The molecule has 150 valence electrons. The molecule has 0 saturated carbocycles. The van der Waals surface area contributed by atoms with E-state index in [0.29, 0.717) is 18.0 Å². The third-order valence-electron chi connectivity index (χ3n) is 5.04. The van der Waals surface area contributed by atoms with E-state index in [1.165, 1.54) is 14.7 Å². The number of anilines is 1. The maximum Gasteiger partial charge on any atom is 0.243 e. The minimum Gasteiger partial charge on any atom is -0.363 e. The van der Waals surface area contributed by atoms with Crippen molar-refractivity contribution in [3.8, 4) is 0 Å². The summed E-state index contributed by atoms with van der Waals surface area (Å²) < 4.78 is 26.8. The predicted molar refractivity (Wildman–Crippen MR) is 115 cm³/mol. The standard InChI is InChI=1S/C20H26N4O2S2/c1-6-24(7-2)28(25,26)17-10-8-16(9-11-17)14(4)23-19-18-13(3)15(5)27-20(18)22-12-21-19/h8-12,14H,6-7H2,1-5H3,(H,21,22,23). The number of thiophene rings is 1. The third-order valence-corrected chi connectivity index (χ3v) is 8.22. The molecule has 1 atom stereocenters. The van der Waals surface area contributed by atoms with Crippen LogP contribution in [-0.4, -0.2) is 35.8 Å². The van der Waals surface area contributed by atoms with Gasteiger partial charge >= 0.3 is 0 Å². The van der Waals surface area contributed by atoms with Gasteiger partial charge in [-0.3, -0.25) is 0 Å². The molecule has 1 unspecified atom stereocenters. The average Bonchev–Trinajstić information content (AvgIpc) is 2.97. The number of nitrogens with zero attached hydrogens (tertiary/aromatic N) is 3. The molecule has 0 fully saturated rings. The largest absolute Gasteiger partial charge is 0.363 e. The van der Waals surface area contributed by atoms with Crippen LogP contribution in [0.3, 0.4) is 0 Å². The summed E-state index contributed by atoms with van der Waals surface area (Å²) >= 11 is 1.66. The highest BCUT2D eigenvalue weighted by Gasteiger charge is 2.22. The van der Waals surface area contributed by atoms with E-state index in [-0.39, 0.29) is 6.04 Å². The Morgan fingerprint density at radius 2 is 1.75 bits per heavy atom. The van der Waals surface area contributed by atoms with Gasteiger partial charge in [0.05, 0.1) is 10.3 Å². The van der Waals surface area contributed by atoms with Gasteiger partial charge in [0, 0.05) is 24.0 Å². The molecule has 0 spiro atoms. The molecule has 1 aromatic carbocycles. The topological polar surface area (TPSA) is 75.2 Å². The van der Waals surface area contributed by atoms with Crippen molar-refractivity contribution < 1.29 is 8.42 Å². The molecule has 3 aromatic rings. The van der Waals surface area contributed by atoms with Gasteiger partial charge in [0.25, 0.3) is 0 Å². The third kappa shape index (κ3) is 3.76. The zero-order chi connectivity index (χ0) is 20.5. The molecular weight excluding hydrogens is 392 g/mol. The maximum absolute atomic E-state index is 12.6. The van der Waals surface area contributed by atoms with Crippen LogP contribution in [-0.2, 0) is 10.0 Å². The van der Waals surface area contributed by atoms with E-state index in [9.17, 15) is 8.42 Å². The molecular formula is C20H26N4O2S2. The fourth-order valence-electron chi connectivity index (χ4n) is 3.22. The van der Waals surface area contributed by atoms with Crippen LogP contribution in [0.2, 0.25) is 0 Å². The monoisotopic (exact) mass is 418 g/mol. The summed E-state index contributed by atoms with van der Waals surface area (Å²) in [4.78, 5) is 11.3. The zero-order valence-corrected chi connectivity index (χ0v) is 18.5. The summed E-state index contributed by atoms with van der Waals surface area (Å²) in [5, 5.41) is 4.51. The van der Waals surface area contributed by atoms with Crippen LogP contribution >= 0.6 is 11.3 Å². The normalized spacial score (nSPS) is 13.2. The highest BCUT2D eigenvalue weighted by atomic mass is 32.2. The number of aromatic nitrogens is 2. The number of benzene rings is 1. The highest BCUT2D eigenvalue weighted by Crippen LogP contribution is 2.34. The first-order valence-corrected chi connectivity index (χ1v) is 11.6. The SMILES string of the molecule is CCN(CC)S(=O)(=O)c1ccc(C(C)Nc2ncnc3sc(C)c(C)c23)cc1. The van der Waals surface area contributed by atoms with Crippen molar-refractivity contribution in [2.75, 3.05) is 18.4 Å². The summed E-state index contributed by atoms with van der Waals surface area (Å²) in [5.74, 6) is 0.805. The smallest absolute Gasteiger partial charge is 0.243 e. The van der Waals surface area contributed by atoms with Gasteiger partial charge in [-0.05, 0) is 44.0 Å². The van der Waals surface area contributed by atoms with Gasteiger partial charge in [0.2, 0.25) is 10.0 Å². The molecule has 0 saturated heterocycles. The molecule has 0 radical (unpaired) electrons. The number of nitrogens with one attached hydrogen (secondary N) is 1. The number of rotatable bonds is 7. The molecule has 0 aliphatic carbocycles. The van der Waals surface area contributed by atoms with Crippen molar-refractivity contribution >= 4 is 37.4 Å². The lowest BCUT2D eigenvalue weighted by molar-refractivity contribution is 0.445. The van der Waals surface area contributed by atoms with Gasteiger partial charge in [-0.15, -0.1) is 11.3 Å². The minimum atomic E-state index is -3.44. The number of sulfonamides is 1. The van der Waals surface area contributed by atoms with Gasteiger partial charge in [-0.1, -0.05) is 26.0 Å². The second-order valence-electron chi connectivity index (χ2n) is 6.71. The lowest BCUT2D eigenvalue weighted by Gasteiger charge is -2.19. The van der Waals surface area contributed by atoms with Crippen molar-refractivity contribution in [3.05, 3.63) is 46.6 Å². The van der Waals surface area contributed by atoms with Crippen LogP contribution < -0.4 is 5.32 Å². The summed E-state index contributed by atoms with van der Waals surface area (Å²) in [6.07, 6.45) is 1.58. The Labute approximate surface area is 170 Å². The second kappa shape index (κ2) is 8.14. The molecule has 0 aliphatic heterocycles. The van der Waals surface area contributed by atoms with Gasteiger partial charge < -0.3 is 5.32 Å². The molecule has 0 bridgehead atoms. The molecule has 6 nitrogen and oxygen atoms in total. The van der Waals surface area contributed by atoms with Crippen LogP contribution in [0.25, 0.3) is 10.2 Å². The zero-order valence-electron chi connectivity index (χ0n) is 16.9. The quantitative estimate of drug-likeness (QED) is 0.611. The van der Waals surface area contributed by atoms with E-state index in [2.05, 4.69) is 29.1 Å². The van der Waals surface area contributed by atoms with E-state index in [4.69, 9.17) is 0 Å². The first-order valence-electron chi connectivity index (χ1n) is 9.36. The fourth-order valence-corrected chi connectivity index (χ4v) is 5.68. The van der Waals surface area contributed by atoms with Crippen molar-refractivity contribution in [2.24, 2.45) is 0 Å². The van der Waals surface area contributed by atoms with Crippen molar-refractivity contribution in [3.63, 3.8) is 0 Å². The van der Waals surface area contributed by atoms with Crippen LogP contribution in [0.4, 0.5) is 5.82 Å². The van der Waals surface area contributed by atoms with E-state index in [0.717, 1.165) is 21.6 Å². The van der Waals surface area contributed by atoms with Gasteiger partial charge in [0.15, 0.2) is 0 Å². The van der Waals surface area contributed by atoms with Crippen LogP contribution in [0.1, 0.15) is 42.8 Å². The molecule has 0 amide bonds. The highest BCUT2D eigenvalue weighted by molar-refractivity contribution is 7.89. The molecule has 0 aliphatic rings. The lowest BCUT2D eigenvalue weighted by atomic mass is 10.1. The number of hydrogen-bond acceptors (Lipinski definition) is 6. The summed E-state index contributed by atoms with van der Waals surface area (Å²) in [6, 6.07) is 7.05. The number of hydrogen-bond donors (Lipinski definition) is 1. The van der Waals surface area contributed by atoms with Crippen molar-refractivity contribution in [1.82, 2.24) is 14.3 Å². The Bertz CT molecular complexity index is 1070. The molecule has 2 aromatic heterocycles. The van der Waals surface area contributed by atoms with Crippen LogP contribution in [0.5, 0.6) is 0 Å². The Morgan fingerprint density at radius 3 is 2.36 bits per heavy atom. The fraction of sp³-hybridized carbons (Fsp3) is 0.400. The van der Waals surface area contributed by atoms with E-state index >= 15 is 0 Å². The van der Waals surface area contributed by atoms with Crippen molar-refractivity contribution in [2.45, 2.75) is 45.6 Å². The van der Waals surface area contributed by atoms with Gasteiger partial charge in [-0.2, -0.15) is 4.31 Å². The van der Waals surface area contributed by atoms with E-state index in [1.807, 2.05) is 32.9 Å². The van der Waals surface area contributed by atoms with E-state index in [1.54, 1.807) is 29.8 Å². The molecule has 2 heterocycles. The van der Waals surface area contributed by atoms with E-state index < -0.39 is 10.0 Å². The summed E-state index contributed by atoms with van der Waals surface area (Å²) in [5.41, 5.74) is 2.19. The van der Waals surface area contributed by atoms with Crippen LogP contribution in [0.15, 0.2) is 35.5 Å². The Morgan fingerprint density at radius 1 is 1.11 bits per heavy atom. The second-order valence-corrected chi connectivity index (χ2v) is 9.85. The van der Waals surface area contributed by atoms with Gasteiger partial charge in [0.1, 0.15) is 17.0 Å². The summed E-state index contributed by atoms with van der Waals surface area (Å²) in [6.45, 7) is 10.8. The number of aryl methyl sites for hydroxylation is 2. The Balaban J connectivity index is 1.86. The Hall–Kier alpha value is -2.03.